The number of nitrogens with one attached hydrogen (secondary N) is 2. The minimum absolute atomic E-state index is 0. The highest BCUT2D eigenvalue weighted by Gasteiger charge is 2.12. The number of methoxy groups -OCH3 is 1. The lowest BCUT2D eigenvalue weighted by Crippen LogP contribution is -2.39. The summed E-state index contributed by atoms with van der Waals surface area (Å²) >= 11 is 0. The molecule has 1 aliphatic carbocycles. The monoisotopic (exact) mass is 491 g/mol. The lowest BCUT2D eigenvalue weighted by Gasteiger charge is -2.16. The molecule has 6 nitrogen and oxygen atoms in total. The van der Waals surface area contributed by atoms with Gasteiger partial charge in [0.05, 0.1) is 26.4 Å². The van der Waals surface area contributed by atoms with Gasteiger partial charge in [-0.2, -0.15) is 0 Å². The Labute approximate surface area is 180 Å². The van der Waals surface area contributed by atoms with E-state index in [0.29, 0.717) is 31.5 Å². The molecule has 2 rings (SSSR count). The van der Waals surface area contributed by atoms with E-state index in [4.69, 9.17) is 9.47 Å². The first kappa shape index (κ1) is 23.8. The molecule has 0 unspecified atom stereocenters. The largest absolute Gasteiger partial charge is 0.508 e. The average molecular weight is 491 g/mol. The van der Waals surface area contributed by atoms with Crippen LogP contribution in [0, 0.1) is 0 Å². The number of hydrogen-bond donors (Lipinski definition) is 3. The molecule has 0 aromatic heterocycles. The first-order valence-corrected chi connectivity index (χ1v) is 9.72. The summed E-state index contributed by atoms with van der Waals surface area (Å²) in [6, 6.07) is 5.17. The molecule has 154 valence electrons. The molecule has 0 radical (unpaired) electrons. The Hall–Kier alpha value is -1.22. The summed E-state index contributed by atoms with van der Waals surface area (Å²) in [7, 11) is 1.61. The number of benzene rings is 1. The van der Waals surface area contributed by atoms with Crippen LogP contribution in [0.2, 0.25) is 0 Å². The fraction of sp³-hybridized carbons (Fsp3) is 0.650. The van der Waals surface area contributed by atoms with Crippen molar-refractivity contribution in [1.29, 1.82) is 0 Å². The van der Waals surface area contributed by atoms with Gasteiger partial charge in [-0.3, -0.25) is 0 Å². The number of aromatic hydroxyl groups is 1. The van der Waals surface area contributed by atoms with Gasteiger partial charge < -0.3 is 25.2 Å². The summed E-state index contributed by atoms with van der Waals surface area (Å²) in [6.07, 6.45) is 8.02. The molecule has 3 N–H and O–H groups in total. The van der Waals surface area contributed by atoms with E-state index in [0.717, 1.165) is 18.1 Å². The van der Waals surface area contributed by atoms with Gasteiger partial charge in [-0.15, -0.1) is 24.0 Å². The zero-order valence-corrected chi connectivity index (χ0v) is 18.8. The van der Waals surface area contributed by atoms with Crippen molar-refractivity contribution in [2.45, 2.75) is 58.1 Å². The summed E-state index contributed by atoms with van der Waals surface area (Å²) in [5.41, 5.74) is 0.733. The zero-order valence-electron chi connectivity index (χ0n) is 16.5. The topological polar surface area (TPSA) is 75.1 Å². The fourth-order valence-electron chi connectivity index (χ4n) is 3.13. The second-order valence-corrected chi connectivity index (χ2v) is 6.60. The predicted octanol–water partition coefficient (Wildman–Crippen LogP) is 3.81. The first-order valence-electron chi connectivity index (χ1n) is 9.72. The Kier molecular flexibility index (Phi) is 12.2. The third-order valence-corrected chi connectivity index (χ3v) is 4.59. The summed E-state index contributed by atoms with van der Waals surface area (Å²) in [6.45, 7) is 4.58. The van der Waals surface area contributed by atoms with Crippen molar-refractivity contribution < 1.29 is 14.6 Å². The molecule has 1 fully saturated rings. The molecule has 0 atom stereocenters. The Morgan fingerprint density at radius 2 is 1.93 bits per heavy atom. The van der Waals surface area contributed by atoms with Gasteiger partial charge in [-0.1, -0.05) is 25.7 Å². The third kappa shape index (κ3) is 9.01. The Morgan fingerprint density at radius 3 is 2.59 bits per heavy atom. The molecule has 0 bridgehead atoms. The fourth-order valence-corrected chi connectivity index (χ4v) is 3.13. The lowest BCUT2D eigenvalue weighted by molar-refractivity contribution is 0.0468. The van der Waals surface area contributed by atoms with Crippen molar-refractivity contribution >= 4 is 29.9 Å². The molecule has 1 aromatic rings. The third-order valence-electron chi connectivity index (χ3n) is 4.59. The van der Waals surface area contributed by atoms with Crippen LogP contribution in [0.15, 0.2) is 23.2 Å². The van der Waals surface area contributed by atoms with E-state index in [1.165, 1.54) is 38.5 Å². The lowest BCUT2D eigenvalue weighted by atomic mass is 10.1. The maximum Gasteiger partial charge on any atom is 0.191 e. The SMILES string of the molecule is CCNC(=NCc1cc(OC)ccc1O)NCCOC1CCCCCC1.I. The maximum absolute atomic E-state index is 9.97. The number of phenols is 1. The summed E-state index contributed by atoms with van der Waals surface area (Å²) < 4.78 is 11.2. The summed E-state index contributed by atoms with van der Waals surface area (Å²) in [4.78, 5) is 4.54. The van der Waals surface area contributed by atoms with E-state index in [9.17, 15) is 5.11 Å². The van der Waals surface area contributed by atoms with Gasteiger partial charge in [0.15, 0.2) is 5.96 Å². The van der Waals surface area contributed by atoms with Crippen LogP contribution in [-0.2, 0) is 11.3 Å². The minimum Gasteiger partial charge on any atom is -0.508 e. The summed E-state index contributed by atoms with van der Waals surface area (Å²) in [5, 5.41) is 16.5. The number of nitrogens with zero attached hydrogens (tertiary/aromatic N) is 1. The molecule has 1 saturated carbocycles. The van der Waals surface area contributed by atoms with Gasteiger partial charge in [0, 0.05) is 18.7 Å². The van der Waals surface area contributed by atoms with Crippen LogP contribution in [0.3, 0.4) is 0 Å². The molecule has 0 saturated heterocycles. The number of hydrogen-bond acceptors (Lipinski definition) is 4. The van der Waals surface area contributed by atoms with Crippen molar-refractivity contribution in [2.75, 3.05) is 26.8 Å². The van der Waals surface area contributed by atoms with Crippen molar-refractivity contribution in [1.82, 2.24) is 10.6 Å². The van der Waals surface area contributed by atoms with E-state index in [1.54, 1.807) is 25.3 Å². The van der Waals surface area contributed by atoms with E-state index >= 15 is 0 Å². The van der Waals surface area contributed by atoms with Crippen LogP contribution in [0.1, 0.15) is 51.0 Å². The number of ether oxygens (including phenoxy) is 2. The van der Waals surface area contributed by atoms with Gasteiger partial charge in [0.2, 0.25) is 0 Å². The van der Waals surface area contributed by atoms with Crippen molar-refractivity contribution in [2.24, 2.45) is 4.99 Å². The average Bonchev–Trinajstić information content (AvgIpc) is 2.93. The van der Waals surface area contributed by atoms with Crippen LogP contribution in [0.5, 0.6) is 11.5 Å². The highest BCUT2D eigenvalue weighted by atomic mass is 127. The maximum atomic E-state index is 9.97. The van der Waals surface area contributed by atoms with E-state index in [1.807, 2.05) is 6.92 Å². The Bertz CT molecular complexity index is 561. The molecule has 1 aromatic carbocycles. The molecule has 1 aliphatic rings. The Morgan fingerprint density at radius 1 is 1.19 bits per heavy atom. The molecular weight excluding hydrogens is 457 g/mol. The second kappa shape index (κ2) is 13.9. The van der Waals surface area contributed by atoms with Crippen LogP contribution in [-0.4, -0.2) is 44.0 Å². The van der Waals surface area contributed by atoms with Crippen molar-refractivity contribution in [3.63, 3.8) is 0 Å². The van der Waals surface area contributed by atoms with Crippen LogP contribution in [0.25, 0.3) is 0 Å². The van der Waals surface area contributed by atoms with Crippen LogP contribution >= 0.6 is 24.0 Å². The number of phenolic OH excluding ortho intramolecular Hbond substituents is 1. The number of guanidine groups is 1. The van der Waals surface area contributed by atoms with Gasteiger partial charge in [0.25, 0.3) is 0 Å². The van der Waals surface area contributed by atoms with E-state index < -0.39 is 0 Å². The molecule has 7 heteroatoms. The number of halogens is 1. The van der Waals surface area contributed by atoms with E-state index in [2.05, 4.69) is 15.6 Å². The minimum atomic E-state index is 0. The molecule has 0 amide bonds. The van der Waals surface area contributed by atoms with Crippen molar-refractivity contribution in [3.8, 4) is 11.5 Å². The normalized spacial score (nSPS) is 15.6. The van der Waals surface area contributed by atoms with Crippen LogP contribution < -0.4 is 15.4 Å². The summed E-state index contributed by atoms with van der Waals surface area (Å²) in [5.74, 6) is 1.66. The first-order chi connectivity index (χ1) is 12.7. The van der Waals surface area contributed by atoms with Gasteiger partial charge in [0.1, 0.15) is 11.5 Å². The van der Waals surface area contributed by atoms with Gasteiger partial charge >= 0.3 is 0 Å². The molecule has 0 aliphatic heterocycles. The highest BCUT2D eigenvalue weighted by Crippen LogP contribution is 2.23. The molecule has 0 heterocycles. The van der Waals surface area contributed by atoms with Gasteiger partial charge in [-0.05, 0) is 38.0 Å². The van der Waals surface area contributed by atoms with Crippen molar-refractivity contribution in [3.05, 3.63) is 23.8 Å². The molecule has 0 spiro atoms. The number of aliphatic imine (C=N–C) groups is 1. The number of rotatable bonds is 8. The van der Waals surface area contributed by atoms with E-state index in [-0.39, 0.29) is 29.7 Å². The van der Waals surface area contributed by atoms with Gasteiger partial charge in [-0.25, -0.2) is 4.99 Å². The standard InChI is InChI=1S/C20H33N3O3.HI/c1-3-21-20(22-12-13-26-17-8-6-4-5-7-9-17)23-15-16-14-18(25-2)10-11-19(16)24;/h10-11,14,17,24H,3-9,12-13,15H2,1-2H3,(H2,21,22,23);1H. The predicted molar refractivity (Wildman–Crippen MR) is 120 cm³/mol. The Balaban J connectivity index is 0.00000364. The molecule has 27 heavy (non-hydrogen) atoms. The van der Waals surface area contributed by atoms with Crippen LogP contribution in [0.4, 0.5) is 0 Å². The molecular formula is C20H34IN3O3. The quantitative estimate of drug-likeness (QED) is 0.170. The smallest absolute Gasteiger partial charge is 0.191 e. The second-order valence-electron chi connectivity index (χ2n) is 6.60. The zero-order chi connectivity index (χ0) is 18.6. The highest BCUT2D eigenvalue weighted by molar-refractivity contribution is 14.0.